The van der Waals surface area contributed by atoms with E-state index in [1.54, 1.807) is 55.0 Å². The van der Waals surface area contributed by atoms with Crippen molar-refractivity contribution in [3.05, 3.63) is 106 Å². The van der Waals surface area contributed by atoms with Crippen molar-refractivity contribution in [2.45, 2.75) is 37.9 Å². The number of ether oxygens (including phenoxy) is 1. The molecule has 0 spiro atoms. The minimum atomic E-state index is -4.74. The lowest BCUT2D eigenvalue weighted by Gasteiger charge is -2.26. The van der Waals surface area contributed by atoms with E-state index >= 15 is 0 Å². The maximum atomic E-state index is 13.6. The molecule has 0 fully saturated rings. The monoisotopic (exact) mass is 743 g/mol. The van der Waals surface area contributed by atoms with E-state index in [2.05, 4.69) is 10.4 Å². The van der Waals surface area contributed by atoms with Crippen LogP contribution in [-0.4, -0.2) is 77.4 Å². The van der Waals surface area contributed by atoms with E-state index in [1.807, 2.05) is 6.92 Å². The van der Waals surface area contributed by atoms with Gasteiger partial charge in [-0.3, -0.25) is 9.59 Å². The number of sulfonamides is 1. The van der Waals surface area contributed by atoms with Crippen LogP contribution in [0.5, 0.6) is 0 Å². The van der Waals surface area contributed by atoms with Crippen molar-refractivity contribution in [3.63, 3.8) is 0 Å². The third-order valence-corrected chi connectivity index (χ3v) is 9.38. The standard InChI is InChI=1S/C33H32F3N7O8S/c1-20(2)28(40(4)43(47)39-51-19-41-30(44)25-7-5-6-8-26(25)31(41)45)18-50-32(46)38-52(48,49)24-15-13-23(14-16-24)42-27(17-29(37-42)33(34,35)36)22-11-9-21(3)10-12-22/h5-17,20,28H,18-19H2,1-4H3,(H,38,46)/t28-/m1/s1. The van der Waals surface area contributed by atoms with E-state index in [0.717, 1.165) is 38.4 Å². The molecule has 52 heavy (non-hydrogen) atoms. The van der Waals surface area contributed by atoms with Gasteiger partial charge in [-0.05, 0) is 55.3 Å². The number of aryl methyl sites for hydroxylation is 1. The van der Waals surface area contributed by atoms with Gasteiger partial charge in [0.05, 0.1) is 39.4 Å². The molecule has 0 bridgehead atoms. The topological polar surface area (TPSA) is 179 Å². The van der Waals surface area contributed by atoms with Crippen molar-refractivity contribution in [2.24, 2.45) is 11.2 Å². The first-order valence-corrected chi connectivity index (χ1v) is 17.0. The zero-order valence-corrected chi connectivity index (χ0v) is 28.9. The molecule has 5 rings (SSSR count). The summed E-state index contributed by atoms with van der Waals surface area (Å²) in [7, 11) is -3.22. The van der Waals surface area contributed by atoms with Crippen LogP contribution < -0.4 is 4.72 Å². The van der Waals surface area contributed by atoms with Gasteiger partial charge in [0.25, 0.3) is 21.8 Å². The molecule has 0 aliphatic carbocycles. The number of likely N-dealkylation sites (N-methyl/N-ethyl adjacent to an activating group) is 1. The van der Waals surface area contributed by atoms with Gasteiger partial charge in [0.2, 0.25) is 12.0 Å². The quantitative estimate of drug-likeness (QED) is 0.0867. The van der Waals surface area contributed by atoms with Gasteiger partial charge in [-0.1, -0.05) is 55.8 Å². The van der Waals surface area contributed by atoms with E-state index in [4.69, 9.17) is 9.57 Å². The Balaban J connectivity index is 1.21. The summed E-state index contributed by atoms with van der Waals surface area (Å²) in [5.74, 6) is -1.58. The van der Waals surface area contributed by atoms with E-state index in [9.17, 15) is 41.2 Å². The Morgan fingerprint density at radius 3 is 2.17 bits per heavy atom. The van der Waals surface area contributed by atoms with Gasteiger partial charge in [-0.25, -0.2) is 27.5 Å². The minimum Gasteiger partial charge on any atom is -0.569 e. The number of hydrazine groups is 1. The van der Waals surface area contributed by atoms with Crippen molar-refractivity contribution >= 4 is 27.9 Å². The van der Waals surface area contributed by atoms with E-state index in [1.165, 1.54) is 31.3 Å². The van der Waals surface area contributed by atoms with Crippen molar-refractivity contribution in [2.75, 3.05) is 20.4 Å². The first-order valence-electron chi connectivity index (χ1n) is 15.5. The average Bonchev–Trinajstić information content (AvgIpc) is 3.65. The number of fused-ring (bicyclic) bond motifs is 1. The van der Waals surface area contributed by atoms with E-state index in [0.29, 0.717) is 5.56 Å². The number of hydrogen-bond acceptors (Lipinski definition) is 10. The molecule has 1 aliphatic rings. The fourth-order valence-corrected chi connectivity index (χ4v) is 6.07. The lowest BCUT2D eigenvalue weighted by Crippen LogP contribution is -2.45. The summed E-state index contributed by atoms with van der Waals surface area (Å²) >= 11 is 0. The normalized spacial score (nSPS) is 14.0. The molecule has 3 amide bonds. The van der Waals surface area contributed by atoms with Gasteiger partial charge in [-0.15, -0.1) is 5.01 Å². The van der Waals surface area contributed by atoms with Gasteiger partial charge in [0.15, 0.2) is 5.69 Å². The third-order valence-electron chi connectivity index (χ3n) is 8.05. The number of amides is 3. The minimum absolute atomic E-state index is 0.0178. The smallest absolute Gasteiger partial charge is 0.435 e. The zero-order chi connectivity index (χ0) is 38.0. The molecule has 1 N–H and O–H groups in total. The van der Waals surface area contributed by atoms with Crippen LogP contribution in [0.3, 0.4) is 0 Å². The van der Waals surface area contributed by atoms with Crippen LogP contribution in [-0.2, 0) is 25.8 Å². The number of imide groups is 1. The Kier molecular flexibility index (Phi) is 10.5. The molecule has 0 saturated heterocycles. The summed E-state index contributed by atoms with van der Waals surface area (Å²) in [6.45, 7) is 4.08. The van der Waals surface area contributed by atoms with Crippen molar-refractivity contribution in [3.8, 4) is 16.9 Å². The second kappa shape index (κ2) is 14.7. The second-order valence-electron chi connectivity index (χ2n) is 11.9. The van der Waals surface area contributed by atoms with Crippen LogP contribution in [0.15, 0.2) is 89.0 Å². The highest BCUT2D eigenvalue weighted by Gasteiger charge is 2.37. The fourth-order valence-electron chi connectivity index (χ4n) is 5.18. The molecule has 2 heterocycles. The highest BCUT2D eigenvalue weighted by molar-refractivity contribution is 7.90. The molecule has 19 heteroatoms. The number of benzene rings is 3. The Bertz CT molecular complexity index is 2080. The van der Waals surface area contributed by atoms with Crippen molar-refractivity contribution < 1.29 is 50.5 Å². The van der Waals surface area contributed by atoms with Crippen LogP contribution in [0.25, 0.3) is 16.9 Å². The SMILES string of the molecule is Cc1ccc(-c2cc(C(F)(F)F)nn2-c2ccc(S(=O)(=O)NC(=O)OC[C@H](C(C)C)N(C)[N+]([O-])=NOCN3C(=O)c4ccccc4C3=O)cc2)cc1. The molecule has 3 aromatic carbocycles. The molecule has 1 aliphatic heterocycles. The lowest BCUT2D eigenvalue weighted by molar-refractivity contribution is -0.714. The predicted octanol–water partition coefficient (Wildman–Crippen LogP) is 5.30. The first-order chi connectivity index (χ1) is 24.5. The van der Waals surface area contributed by atoms with Crippen LogP contribution >= 0.6 is 0 Å². The number of hydrogen-bond donors (Lipinski definition) is 1. The Morgan fingerprint density at radius 2 is 1.62 bits per heavy atom. The summed E-state index contributed by atoms with van der Waals surface area (Å²) < 4.78 is 74.5. The molecule has 0 unspecified atom stereocenters. The number of alkyl halides is 3. The number of halogens is 3. The highest BCUT2D eigenvalue weighted by Crippen LogP contribution is 2.33. The summed E-state index contributed by atoms with van der Waals surface area (Å²) in [5.41, 5.74) is 0.812. The Hall–Kier alpha value is -5.98. The number of carbonyl (C=O) groups is 3. The van der Waals surface area contributed by atoms with Gasteiger partial charge in [0.1, 0.15) is 12.6 Å². The molecule has 15 nitrogen and oxygen atoms in total. The average molecular weight is 744 g/mol. The molecule has 0 radical (unpaired) electrons. The third kappa shape index (κ3) is 7.98. The summed E-state index contributed by atoms with van der Waals surface area (Å²) in [5, 5.41) is 20.7. The van der Waals surface area contributed by atoms with Gasteiger partial charge < -0.3 is 14.8 Å². The molecular formula is C33H32F3N7O8S. The number of nitrogens with zero attached hydrogens (tertiary/aromatic N) is 6. The number of aromatic nitrogens is 2. The first kappa shape index (κ1) is 37.3. The van der Waals surface area contributed by atoms with E-state index < -0.39 is 64.1 Å². The predicted molar refractivity (Wildman–Crippen MR) is 176 cm³/mol. The summed E-state index contributed by atoms with van der Waals surface area (Å²) in [4.78, 5) is 42.9. The molecule has 1 aromatic heterocycles. The zero-order valence-electron chi connectivity index (χ0n) is 28.1. The van der Waals surface area contributed by atoms with E-state index in [-0.39, 0.29) is 33.4 Å². The lowest BCUT2D eigenvalue weighted by atomic mass is 10.1. The van der Waals surface area contributed by atoms with Crippen molar-refractivity contribution in [1.29, 1.82) is 0 Å². The number of nitrogens with one attached hydrogen (secondary N) is 1. The number of rotatable bonds is 12. The maximum Gasteiger partial charge on any atom is 0.435 e. The largest absolute Gasteiger partial charge is 0.569 e. The van der Waals surface area contributed by atoms with Gasteiger partial charge >= 0.3 is 12.3 Å². The Labute approximate surface area is 295 Å². The molecule has 274 valence electrons. The van der Waals surface area contributed by atoms with Crippen LogP contribution in [0.1, 0.15) is 45.8 Å². The van der Waals surface area contributed by atoms with Crippen LogP contribution in [0.4, 0.5) is 18.0 Å². The van der Waals surface area contributed by atoms with Crippen LogP contribution in [0.2, 0.25) is 0 Å². The van der Waals surface area contributed by atoms with Crippen molar-refractivity contribution in [1.82, 2.24) is 24.4 Å². The van der Waals surface area contributed by atoms with Gasteiger partial charge in [-0.2, -0.15) is 18.3 Å². The van der Waals surface area contributed by atoms with Crippen LogP contribution in [0, 0.1) is 18.0 Å². The Morgan fingerprint density at radius 1 is 1.02 bits per heavy atom. The summed E-state index contributed by atoms with van der Waals surface area (Å²) in [6.07, 6.45) is -6.11. The molecule has 4 aromatic rings. The highest BCUT2D eigenvalue weighted by atomic mass is 32.2. The molecule has 1 atom stereocenters. The molecule has 0 saturated carbocycles. The summed E-state index contributed by atoms with van der Waals surface area (Å²) in [6, 6.07) is 17.6. The second-order valence-corrected chi connectivity index (χ2v) is 13.6. The maximum absolute atomic E-state index is 13.6. The molecular weight excluding hydrogens is 711 g/mol. The fraction of sp³-hybridized carbons (Fsp3) is 0.273. The number of carbonyl (C=O) groups excluding carboxylic acids is 3. The van der Waals surface area contributed by atoms with Gasteiger partial charge in [0, 0.05) is 5.56 Å².